The van der Waals surface area contributed by atoms with Gasteiger partial charge in [0.1, 0.15) is 5.82 Å². The molecule has 1 rings (SSSR count). The highest BCUT2D eigenvalue weighted by Gasteiger charge is 2.18. The van der Waals surface area contributed by atoms with Crippen LogP contribution in [0.2, 0.25) is 0 Å². The zero-order chi connectivity index (χ0) is 14.6. The normalized spacial score (nSPS) is 13.5. The van der Waals surface area contributed by atoms with Crippen LogP contribution in [0.4, 0.5) is 10.1 Å². The second-order valence-corrected chi connectivity index (χ2v) is 6.03. The van der Waals surface area contributed by atoms with Gasteiger partial charge in [0, 0.05) is 13.2 Å². The van der Waals surface area contributed by atoms with Crippen LogP contribution in [0.15, 0.2) is 17.0 Å². The molecule has 0 heterocycles. The Labute approximate surface area is 113 Å². The molecule has 1 unspecified atom stereocenters. The number of aryl methyl sites for hydroxylation is 1. The van der Waals surface area contributed by atoms with Crippen LogP contribution in [0.3, 0.4) is 0 Å². The minimum absolute atomic E-state index is 0.0485. The Kier molecular flexibility index (Phi) is 5.28. The van der Waals surface area contributed by atoms with Crippen molar-refractivity contribution in [2.75, 3.05) is 18.9 Å². The molecule has 0 saturated carbocycles. The van der Waals surface area contributed by atoms with Crippen molar-refractivity contribution in [3.63, 3.8) is 0 Å². The number of hydrogen-bond acceptors (Lipinski definition) is 4. The summed E-state index contributed by atoms with van der Waals surface area (Å²) in [7, 11) is -3.71. The van der Waals surface area contributed by atoms with Crippen molar-refractivity contribution >= 4 is 15.7 Å². The van der Waals surface area contributed by atoms with E-state index in [9.17, 15) is 12.8 Å². The van der Waals surface area contributed by atoms with Gasteiger partial charge in [-0.2, -0.15) is 0 Å². The van der Waals surface area contributed by atoms with E-state index in [-0.39, 0.29) is 28.8 Å². The lowest BCUT2D eigenvalue weighted by molar-refractivity contribution is 0.0799. The molecule has 3 N–H and O–H groups in total. The van der Waals surface area contributed by atoms with E-state index in [0.29, 0.717) is 6.61 Å². The lowest BCUT2D eigenvalue weighted by Crippen LogP contribution is -2.32. The first-order valence-electron chi connectivity index (χ1n) is 5.94. The Balaban J connectivity index is 2.89. The molecule has 1 atom stereocenters. The van der Waals surface area contributed by atoms with Gasteiger partial charge in [0.15, 0.2) is 0 Å². The number of halogens is 1. The Morgan fingerprint density at radius 2 is 2.11 bits per heavy atom. The number of nitrogens with two attached hydrogens (primary N) is 1. The average Bonchev–Trinajstić information content (AvgIpc) is 2.33. The van der Waals surface area contributed by atoms with Gasteiger partial charge in [-0.05, 0) is 38.5 Å². The molecule has 7 heteroatoms. The number of hydrogen-bond donors (Lipinski definition) is 2. The quantitative estimate of drug-likeness (QED) is 0.776. The fourth-order valence-electron chi connectivity index (χ4n) is 1.57. The van der Waals surface area contributed by atoms with Gasteiger partial charge in [-0.3, -0.25) is 0 Å². The van der Waals surface area contributed by atoms with E-state index >= 15 is 0 Å². The Morgan fingerprint density at radius 3 is 2.63 bits per heavy atom. The number of benzene rings is 1. The molecule has 5 nitrogen and oxygen atoms in total. The van der Waals surface area contributed by atoms with Crippen LogP contribution < -0.4 is 10.5 Å². The highest BCUT2D eigenvalue weighted by molar-refractivity contribution is 7.89. The standard InChI is InChI=1S/C12H19FN2O3S/c1-4-18-9(3)7-15-19(16,17)10-5-8(2)12(13)11(14)6-10/h5-6,9,15H,4,7,14H2,1-3H3. The molecule has 0 saturated heterocycles. The van der Waals surface area contributed by atoms with E-state index in [4.69, 9.17) is 10.5 Å². The SMILES string of the molecule is CCOC(C)CNS(=O)(=O)c1cc(C)c(F)c(N)c1. The second-order valence-electron chi connectivity index (χ2n) is 4.26. The summed E-state index contributed by atoms with van der Waals surface area (Å²) in [6, 6.07) is 2.36. The monoisotopic (exact) mass is 290 g/mol. The first kappa shape index (κ1) is 15.9. The summed E-state index contributed by atoms with van der Waals surface area (Å²) in [6.45, 7) is 5.71. The van der Waals surface area contributed by atoms with E-state index in [1.165, 1.54) is 13.0 Å². The first-order chi connectivity index (χ1) is 8.77. The predicted molar refractivity (Wildman–Crippen MR) is 71.8 cm³/mol. The molecular weight excluding hydrogens is 271 g/mol. The van der Waals surface area contributed by atoms with Gasteiger partial charge >= 0.3 is 0 Å². The summed E-state index contributed by atoms with van der Waals surface area (Å²) in [5, 5.41) is 0. The number of nitrogen functional groups attached to an aromatic ring is 1. The van der Waals surface area contributed by atoms with Crippen LogP contribution in [-0.4, -0.2) is 27.7 Å². The average molecular weight is 290 g/mol. The molecule has 0 bridgehead atoms. The molecule has 0 radical (unpaired) electrons. The fourth-order valence-corrected chi connectivity index (χ4v) is 2.81. The number of nitrogens with one attached hydrogen (secondary N) is 1. The van der Waals surface area contributed by atoms with Crippen molar-refractivity contribution in [1.82, 2.24) is 4.72 Å². The lowest BCUT2D eigenvalue weighted by Gasteiger charge is -2.13. The van der Waals surface area contributed by atoms with E-state index in [1.54, 1.807) is 6.92 Å². The Morgan fingerprint density at radius 1 is 1.47 bits per heavy atom. The number of rotatable bonds is 6. The minimum atomic E-state index is -3.71. The van der Waals surface area contributed by atoms with Crippen LogP contribution in [-0.2, 0) is 14.8 Å². The molecule has 0 aliphatic heterocycles. The molecule has 19 heavy (non-hydrogen) atoms. The van der Waals surface area contributed by atoms with E-state index in [2.05, 4.69) is 4.72 Å². The van der Waals surface area contributed by atoms with Crippen LogP contribution >= 0.6 is 0 Å². The van der Waals surface area contributed by atoms with Crippen molar-refractivity contribution in [1.29, 1.82) is 0 Å². The maximum absolute atomic E-state index is 13.4. The van der Waals surface area contributed by atoms with Gasteiger partial charge in [-0.15, -0.1) is 0 Å². The van der Waals surface area contributed by atoms with E-state index in [0.717, 1.165) is 6.07 Å². The molecule has 0 aliphatic rings. The van der Waals surface area contributed by atoms with Gasteiger partial charge in [0.05, 0.1) is 16.7 Å². The molecule has 0 fully saturated rings. The summed E-state index contributed by atoms with van der Waals surface area (Å²) in [4.78, 5) is -0.0485. The summed E-state index contributed by atoms with van der Waals surface area (Å²) < 4.78 is 45.0. The van der Waals surface area contributed by atoms with Crippen molar-refractivity contribution in [2.45, 2.75) is 31.8 Å². The zero-order valence-corrected chi connectivity index (χ0v) is 12.1. The van der Waals surface area contributed by atoms with Crippen LogP contribution in [0.25, 0.3) is 0 Å². The van der Waals surface area contributed by atoms with Crippen LogP contribution in [0.5, 0.6) is 0 Å². The molecule has 1 aromatic carbocycles. The fraction of sp³-hybridized carbons (Fsp3) is 0.500. The Hall–Kier alpha value is -1.18. The molecule has 0 amide bonds. The maximum atomic E-state index is 13.4. The van der Waals surface area contributed by atoms with Gasteiger partial charge < -0.3 is 10.5 Å². The van der Waals surface area contributed by atoms with Crippen LogP contribution in [0.1, 0.15) is 19.4 Å². The summed E-state index contributed by atoms with van der Waals surface area (Å²) in [5.74, 6) is -0.596. The third kappa shape index (κ3) is 4.15. The summed E-state index contributed by atoms with van der Waals surface area (Å²) in [5.41, 5.74) is 5.44. The molecule has 108 valence electrons. The highest BCUT2D eigenvalue weighted by atomic mass is 32.2. The molecule has 0 aromatic heterocycles. The Bertz CT molecular complexity index is 523. The topological polar surface area (TPSA) is 81.4 Å². The first-order valence-corrected chi connectivity index (χ1v) is 7.43. The summed E-state index contributed by atoms with van der Waals surface area (Å²) >= 11 is 0. The number of ether oxygens (including phenoxy) is 1. The van der Waals surface area contributed by atoms with Crippen molar-refractivity contribution in [3.05, 3.63) is 23.5 Å². The molecule has 0 aliphatic carbocycles. The van der Waals surface area contributed by atoms with Gasteiger partial charge in [0.25, 0.3) is 0 Å². The number of anilines is 1. The number of sulfonamides is 1. The van der Waals surface area contributed by atoms with Crippen molar-refractivity contribution in [2.24, 2.45) is 0 Å². The van der Waals surface area contributed by atoms with Gasteiger partial charge in [-0.1, -0.05) is 0 Å². The lowest BCUT2D eigenvalue weighted by atomic mass is 10.2. The van der Waals surface area contributed by atoms with E-state index in [1.807, 2.05) is 6.92 Å². The van der Waals surface area contributed by atoms with Crippen molar-refractivity contribution in [3.8, 4) is 0 Å². The third-order valence-corrected chi connectivity index (χ3v) is 3.98. The molecular formula is C12H19FN2O3S. The molecule has 1 aromatic rings. The summed E-state index contributed by atoms with van der Waals surface area (Å²) in [6.07, 6.45) is -0.237. The predicted octanol–water partition coefficient (Wildman–Crippen LogP) is 1.42. The molecule has 0 spiro atoms. The highest BCUT2D eigenvalue weighted by Crippen LogP contribution is 2.20. The zero-order valence-electron chi connectivity index (χ0n) is 11.2. The largest absolute Gasteiger partial charge is 0.396 e. The van der Waals surface area contributed by atoms with Crippen LogP contribution in [0, 0.1) is 12.7 Å². The minimum Gasteiger partial charge on any atom is -0.396 e. The van der Waals surface area contributed by atoms with Gasteiger partial charge in [0.2, 0.25) is 10.0 Å². The van der Waals surface area contributed by atoms with E-state index < -0.39 is 15.8 Å². The smallest absolute Gasteiger partial charge is 0.240 e. The van der Waals surface area contributed by atoms with Gasteiger partial charge in [-0.25, -0.2) is 17.5 Å². The maximum Gasteiger partial charge on any atom is 0.240 e. The second kappa shape index (κ2) is 6.31. The third-order valence-electron chi connectivity index (χ3n) is 2.58. The van der Waals surface area contributed by atoms with Crippen molar-refractivity contribution < 1.29 is 17.5 Å².